The van der Waals surface area contributed by atoms with Crippen molar-refractivity contribution in [2.24, 2.45) is 0 Å². The lowest BCUT2D eigenvalue weighted by molar-refractivity contribution is -0.130. The van der Waals surface area contributed by atoms with Crippen LogP contribution in [0.2, 0.25) is 0 Å². The molecule has 2 fully saturated rings. The summed E-state index contributed by atoms with van der Waals surface area (Å²) >= 11 is 0. The number of likely N-dealkylation sites (tertiary alicyclic amines) is 1. The molecule has 5 nitrogen and oxygen atoms in total. The van der Waals surface area contributed by atoms with E-state index in [-0.39, 0.29) is 16.8 Å². The second kappa shape index (κ2) is 5.96. The van der Waals surface area contributed by atoms with Crippen molar-refractivity contribution < 1.29 is 17.6 Å². The van der Waals surface area contributed by atoms with Crippen molar-refractivity contribution in [3.8, 4) is 0 Å². The lowest BCUT2D eigenvalue weighted by Gasteiger charge is -2.36. The maximum Gasteiger partial charge on any atom is 0.245 e. The van der Waals surface area contributed by atoms with Gasteiger partial charge in [-0.2, -0.15) is 4.31 Å². The van der Waals surface area contributed by atoms with Crippen molar-refractivity contribution in [1.82, 2.24) is 9.21 Å². The van der Waals surface area contributed by atoms with E-state index in [2.05, 4.69) is 0 Å². The van der Waals surface area contributed by atoms with Crippen molar-refractivity contribution >= 4 is 15.9 Å². The summed E-state index contributed by atoms with van der Waals surface area (Å²) in [6.07, 6.45) is 2.69. The summed E-state index contributed by atoms with van der Waals surface area (Å²) in [5.41, 5.74) is 0. The molecule has 0 spiro atoms. The lowest BCUT2D eigenvalue weighted by Crippen LogP contribution is -2.47. The van der Waals surface area contributed by atoms with Crippen LogP contribution in [-0.4, -0.2) is 49.2 Å². The number of benzene rings is 1. The maximum absolute atomic E-state index is 13.8. The number of halogens is 1. The molecular weight excluding hydrogens is 307 g/mol. The van der Waals surface area contributed by atoms with Gasteiger partial charge in [-0.3, -0.25) is 4.79 Å². The highest BCUT2D eigenvalue weighted by Crippen LogP contribution is 2.26. The number of carbonyl (C=O) groups excluding carboxylic acids is 1. The standard InChI is InChI=1S/C15H19FN2O3S/c16-13-4-1-2-5-14(13)22(20,21)17-10-7-12(8-11-17)18-9-3-6-15(18)19/h1-2,4-5,12H,3,6-11H2. The molecule has 0 aliphatic carbocycles. The van der Waals surface area contributed by atoms with Crippen LogP contribution in [0.4, 0.5) is 4.39 Å². The van der Waals surface area contributed by atoms with Gasteiger partial charge in [0, 0.05) is 32.1 Å². The molecule has 2 heterocycles. The summed E-state index contributed by atoms with van der Waals surface area (Å²) in [5.74, 6) is -0.560. The van der Waals surface area contributed by atoms with Crippen LogP contribution in [0, 0.1) is 5.82 Å². The van der Waals surface area contributed by atoms with Crippen LogP contribution in [0.5, 0.6) is 0 Å². The SMILES string of the molecule is O=C1CCCN1C1CCN(S(=O)(=O)c2ccccc2F)CC1. The minimum Gasteiger partial charge on any atom is -0.340 e. The van der Waals surface area contributed by atoms with Gasteiger partial charge in [-0.05, 0) is 31.4 Å². The Labute approximate surface area is 129 Å². The van der Waals surface area contributed by atoms with Crippen LogP contribution in [0.25, 0.3) is 0 Å². The zero-order valence-electron chi connectivity index (χ0n) is 12.2. The Kier molecular flexibility index (Phi) is 4.18. The zero-order chi connectivity index (χ0) is 15.7. The Morgan fingerprint density at radius 2 is 1.77 bits per heavy atom. The van der Waals surface area contributed by atoms with E-state index in [1.165, 1.54) is 22.5 Å². The van der Waals surface area contributed by atoms with Gasteiger partial charge in [0.2, 0.25) is 15.9 Å². The van der Waals surface area contributed by atoms with Crippen molar-refractivity contribution in [2.45, 2.75) is 36.6 Å². The largest absolute Gasteiger partial charge is 0.340 e. The Bertz CT molecular complexity index is 669. The van der Waals surface area contributed by atoms with Crippen molar-refractivity contribution in [1.29, 1.82) is 0 Å². The zero-order valence-corrected chi connectivity index (χ0v) is 13.1. The second-order valence-electron chi connectivity index (χ2n) is 5.76. The van der Waals surface area contributed by atoms with Gasteiger partial charge in [0.25, 0.3) is 0 Å². The summed E-state index contributed by atoms with van der Waals surface area (Å²) in [6, 6.07) is 5.55. The molecule has 2 aliphatic heterocycles. The van der Waals surface area contributed by atoms with Crippen LogP contribution in [0.1, 0.15) is 25.7 Å². The minimum atomic E-state index is -3.80. The van der Waals surface area contributed by atoms with E-state index in [4.69, 9.17) is 0 Å². The van der Waals surface area contributed by atoms with E-state index in [9.17, 15) is 17.6 Å². The molecule has 0 unspecified atom stereocenters. The summed E-state index contributed by atoms with van der Waals surface area (Å²) < 4.78 is 40.1. The summed E-state index contributed by atoms with van der Waals surface area (Å²) in [6.45, 7) is 1.42. The number of hydrogen-bond acceptors (Lipinski definition) is 3. The molecule has 0 saturated carbocycles. The molecule has 2 saturated heterocycles. The molecule has 2 aliphatic rings. The van der Waals surface area contributed by atoms with Gasteiger partial charge in [-0.15, -0.1) is 0 Å². The molecule has 0 radical (unpaired) electrons. The molecule has 22 heavy (non-hydrogen) atoms. The number of piperidine rings is 1. The van der Waals surface area contributed by atoms with E-state index in [0.29, 0.717) is 32.4 Å². The van der Waals surface area contributed by atoms with Crippen LogP contribution < -0.4 is 0 Å². The van der Waals surface area contributed by atoms with Crippen LogP contribution in [0.15, 0.2) is 29.2 Å². The smallest absolute Gasteiger partial charge is 0.245 e. The number of sulfonamides is 1. The fourth-order valence-electron chi connectivity index (χ4n) is 3.24. The van der Waals surface area contributed by atoms with Crippen molar-refractivity contribution in [2.75, 3.05) is 19.6 Å². The third-order valence-corrected chi connectivity index (χ3v) is 6.36. The molecule has 0 aromatic heterocycles. The number of amides is 1. The van der Waals surface area contributed by atoms with Gasteiger partial charge < -0.3 is 4.90 Å². The summed E-state index contributed by atoms with van der Waals surface area (Å²) in [4.78, 5) is 13.4. The highest BCUT2D eigenvalue weighted by molar-refractivity contribution is 7.89. The van der Waals surface area contributed by atoms with Crippen molar-refractivity contribution in [3.05, 3.63) is 30.1 Å². The molecule has 1 amide bonds. The first-order valence-electron chi connectivity index (χ1n) is 7.54. The number of carbonyl (C=O) groups is 1. The first-order valence-corrected chi connectivity index (χ1v) is 8.98. The van der Waals surface area contributed by atoms with Crippen LogP contribution >= 0.6 is 0 Å². The lowest BCUT2D eigenvalue weighted by atomic mass is 10.1. The molecule has 1 aromatic rings. The highest BCUT2D eigenvalue weighted by atomic mass is 32.2. The topological polar surface area (TPSA) is 57.7 Å². The first-order chi connectivity index (χ1) is 10.5. The Morgan fingerprint density at radius 3 is 2.36 bits per heavy atom. The van der Waals surface area contributed by atoms with Gasteiger partial charge in [0.15, 0.2) is 0 Å². The van der Waals surface area contributed by atoms with Crippen LogP contribution in [0.3, 0.4) is 0 Å². The Balaban J connectivity index is 1.71. The normalized spacial score (nSPS) is 21.5. The summed E-state index contributed by atoms with van der Waals surface area (Å²) in [7, 11) is -3.80. The average molecular weight is 326 g/mol. The fraction of sp³-hybridized carbons (Fsp3) is 0.533. The second-order valence-corrected chi connectivity index (χ2v) is 7.66. The predicted molar refractivity (Wildman–Crippen MR) is 79.1 cm³/mol. The van der Waals surface area contributed by atoms with E-state index in [0.717, 1.165) is 19.0 Å². The van der Waals surface area contributed by atoms with E-state index >= 15 is 0 Å². The van der Waals surface area contributed by atoms with Gasteiger partial charge >= 0.3 is 0 Å². The van der Waals surface area contributed by atoms with Gasteiger partial charge in [-0.1, -0.05) is 12.1 Å². The van der Waals surface area contributed by atoms with Crippen LogP contribution in [-0.2, 0) is 14.8 Å². The molecular formula is C15H19FN2O3S. The molecule has 0 N–H and O–H groups in total. The number of hydrogen-bond donors (Lipinski definition) is 0. The average Bonchev–Trinajstić information content (AvgIpc) is 2.94. The minimum absolute atomic E-state index is 0.113. The maximum atomic E-state index is 13.8. The molecule has 120 valence electrons. The number of nitrogens with zero attached hydrogens (tertiary/aromatic N) is 2. The molecule has 0 bridgehead atoms. The van der Waals surface area contributed by atoms with Gasteiger partial charge in [0.1, 0.15) is 10.7 Å². The Hall–Kier alpha value is -1.47. The van der Waals surface area contributed by atoms with E-state index in [1.807, 2.05) is 4.90 Å². The summed E-state index contributed by atoms with van der Waals surface area (Å²) in [5, 5.41) is 0. The van der Waals surface area contributed by atoms with Gasteiger partial charge in [-0.25, -0.2) is 12.8 Å². The number of rotatable bonds is 3. The predicted octanol–water partition coefficient (Wildman–Crippen LogP) is 1.60. The van der Waals surface area contributed by atoms with Gasteiger partial charge in [0.05, 0.1) is 0 Å². The highest BCUT2D eigenvalue weighted by Gasteiger charge is 2.35. The molecule has 3 rings (SSSR count). The molecule has 1 aromatic carbocycles. The fourth-order valence-corrected chi connectivity index (χ4v) is 4.78. The monoisotopic (exact) mass is 326 g/mol. The van der Waals surface area contributed by atoms with Crippen molar-refractivity contribution in [3.63, 3.8) is 0 Å². The van der Waals surface area contributed by atoms with E-state index in [1.54, 1.807) is 0 Å². The Morgan fingerprint density at radius 1 is 1.09 bits per heavy atom. The third-order valence-electron chi connectivity index (χ3n) is 4.43. The first kappa shape index (κ1) is 15.4. The quantitative estimate of drug-likeness (QED) is 0.848. The van der Waals surface area contributed by atoms with E-state index < -0.39 is 15.8 Å². The third kappa shape index (κ3) is 2.75. The molecule has 7 heteroatoms. The molecule has 0 atom stereocenters.